The average molecular weight is 385 g/mol. The molecule has 0 amide bonds. The van der Waals surface area contributed by atoms with Gasteiger partial charge < -0.3 is 5.73 Å². The Kier molecular flexibility index (Phi) is 5.38. The zero-order chi connectivity index (χ0) is 19.3. The highest BCUT2D eigenvalue weighted by molar-refractivity contribution is 7.89. The van der Waals surface area contributed by atoms with Gasteiger partial charge in [0.25, 0.3) is 10.0 Å². The molecule has 10 heteroatoms. The van der Waals surface area contributed by atoms with E-state index in [0.29, 0.717) is 5.82 Å². The molecule has 1 heterocycles. The maximum atomic E-state index is 12.3. The van der Waals surface area contributed by atoms with Crippen molar-refractivity contribution in [1.29, 1.82) is 0 Å². The van der Waals surface area contributed by atoms with Crippen LogP contribution in [0.3, 0.4) is 0 Å². The van der Waals surface area contributed by atoms with E-state index in [1.54, 1.807) is 12.1 Å². The first-order valence-electron chi connectivity index (χ1n) is 7.98. The van der Waals surface area contributed by atoms with Gasteiger partial charge in [-0.05, 0) is 31.2 Å². The van der Waals surface area contributed by atoms with Crippen molar-refractivity contribution in [2.45, 2.75) is 11.8 Å². The molecule has 27 heavy (non-hydrogen) atoms. The number of hydrogen-bond acceptors (Lipinski definition) is 8. The number of benzene rings is 2. The maximum Gasteiger partial charge on any atom is 0.257 e. The maximum absolute atomic E-state index is 12.3. The molecule has 2 aromatic carbocycles. The van der Waals surface area contributed by atoms with E-state index < -0.39 is 10.0 Å². The SMILES string of the molecule is Cc1ccc(S(=O)(=O)NNc2ncnc(NNc3ccccc3)c2N)cc1. The molecule has 0 aliphatic heterocycles. The number of hydrazine groups is 2. The Balaban J connectivity index is 1.69. The third kappa shape index (κ3) is 4.63. The van der Waals surface area contributed by atoms with Crippen LogP contribution in [0.1, 0.15) is 5.56 Å². The van der Waals surface area contributed by atoms with Crippen molar-refractivity contribution >= 4 is 33.0 Å². The van der Waals surface area contributed by atoms with Crippen LogP contribution in [0, 0.1) is 6.92 Å². The zero-order valence-corrected chi connectivity index (χ0v) is 15.3. The molecule has 0 aliphatic carbocycles. The monoisotopic (exact) mass is 385 g/mol. The largest absolute Gasteiger partial charge is 0.393 e. The molecule has 0 saturated carbocycles. The lowest BCUT2D eigenvalue weighted by molar-refractivity contribution is 0.587. The number of nitrogens with two attached hydrogens (primary N) is 1. The highest BCUT2D eigenvalue weighted by Crippen LogP contribution is 2.22. The van der Waals surface area contributed by atoms with Crippen LogP contribution in [0.25, 0.3) is 0 Å². The molecule has 0 spiro atoms. The van der Waals surface area contributed by atoms with Crippen LogP contribution in [0.4, 0.5) is 23.0 Å². The Morgan fingerprint density at radius 1 is 0.852 bits per heavy atom. The van der Waals surface area contributed by atoms with E-state index in [2.05, 4.69) is 31.1 Å². The van der Waals surface area contributed by atoms with E-state index in [0.717, 1.165) is 11.3 Å². The number of anilines is 4. The number of para-hydroxylation sites is 1. The fraction of sp³-hybridized carbons (Fsp3) is 0.0588. The molecular formula is C17H19N7O2S. The van der Waals surface area contributed by atoms with Gasteiger partial charge in [-0.25, -0.2) is 18.4 Å². The summed E-state index contributed by atoms with van der Waals surface area (Å²) in [5.41, 5.74) is 16.3. The molecule has 0 saturated heterocycles. The molecule has 0 atom stereocenters. The number of sulfonamides is 1. The summed E-state index contributed by atoms with van der Waals surface area (Å²) in [5.74, 6) is 0.420. The summed E-state index contributed by atoms with van der Waals surface area (Å²) in [5, 5.41) is 0. The Bertz CT molecular complexity index is 1010. The van der Waals surface area contributed by atoms with Gasteiger partial charge >= 0.3 is 0 Å². The fourth-order valence-corrected chi connectivity index (χ4v) is 2.98. The topological polar surface area (TPSA) is 134 Å². The zero-order valence-electron chi connectivity index (χ0n) is 14.5. The molecule has 9 nitrogen and oxygen atoms in total. The number of nitrogens with zero attached hydrogens (tertiary/aromatic N) is 2. The fourth-order valence-electron chi connectivity index (χ4n) is 2.14. The summed E-state index contributed by atoms with van der Waals surface area (Å²) in [6.45, 7) is 1.88. The van der Waals surface area contributed by atoms with E-state index >= 15 is 0 Å². The summed E-state index contributed by atoms with van der Waals surface area (Å²) < 4.78 is 24.7. The summed E-state index contributed by atoms with van der Waals surface area (Å²) in [7, 11) is -3.77. The second-order valence-corrected chi connectivity index (χ2v) is 7.33. The minimum atomic E-state index is -3.77. The molecule has 0 aliphatic rings. The number of aromatic nitrogens is 2. The first kappa shape index (κ1) is 18.4. The standard InChI is InChI=1S/C17H19N7O2S/c1-12-7-9-14(10-8-12)27(25,26)24-23-17-15(18)16(19-11-20-17)22-21-13-5-3-2-4-6-13/h2-11,21,24H,18H2,1H3,(H2,19,20,22,23). The third-order valence-electron chi connectivity index (χ3n) is 3.62. The Morgan fingerprint density at radius 2 is 1.48 bits per heavy atom. The lowest BCUT2D eigenvalue weighted by Gasteiger charge is -2.14. The van der Waals surface area contributed by atoms with Crippen molar-refractivity contribution in [2.24, 2.45) is 0 Å². The summed E-state index contributed by atoms with van der Waals surface area (Å²) >= 11 is 0. The molecule has 3 aromatic rings. The highest BCUT2D eigenvalue weighted by Gasteiger charge is 2.15. The van der Waals surface area contributed by atoms with Crippen LogP contribution in [0.2, 0.25) is 0 Å². The van der Waals surface area contributed by atoms with Gasteiger partial charge in [-0.15, -0.1) is 4.83 Å². The van der Waals surface area contributed by atoms with Gasteiger partial charge in [-0.3, -0.25) is 16.3 Å². The molecule has 0 fully saturated rings. The predicted octanol–water partition coefficient (Wildman–Crippen LogP) is 2.11. The summed E-state index contributed by atoms with van der Waals surface area (Å²) in [4.78, 5) is 10.4. The quantitative estimate of drug-likeness (QED) is 0.390. The van der Waals surface area contributed by atoms with Gasteiger partial charge in [0, 0.05) is 0 Å². The van der Waals surface area contributed by atoms with Gasteiger partial charge in [0.1, 0.15) is 12.0 Å². The number of aryl methyl sites for hydroxylation is 1. The second kappa shape index (κ2) is 7.89. The van der Waals surface area contributed by atoms with Gasteiger partial charge in [0.2, 0.25) is 0 Å². The molecule has 6 N–H and O–H groups in total. The Hall–Kier alpha value is -3.37. The van der Waals surface area contributed by atoms with Crippen molar-refractivity contribution in [2.75, 3.05) is 22.0 Å². The number of nitrogen functional groups attached to an aromatic ring is 1. The Morgan fingerprint density at radius 3 is 2.15 bits per heavy atom. The van der Waals surface area contributed by atoms with Crippen LogP contribution in [0.5, 0.6) is 0 Å². The van der Waals surface area contributed by atoms with Gasteiger partial charge in [0.05, 0.1) is 10.6 Å². The van der Waals surface area contributed by atoms with E-state index in [9.17, 15) is 8.42 Å². The molecule has 0 radical (unpaired) electrons. The second-order valence-electron chi connectivity index (χ2n) is 5.64. The van der Waals surface area contributed by atoms with Crippen molar-refractivity contribution < 1.29 is 8.42 Å². The van der Waals surface area contributed by atoms with E-state index in [-0.39, 0.29) is 16.4 Å². The molecule has 0 unspecified atom stereocenters. The van der Waals surface area contributed by atoms with Crippen LogP contribution in [0.15, 0.2) is 65.8 Å². The van der Waals surface area contributed by atoms with Crippen molar-refractivity contribution in [3.63, 3.8) is 0 Å². The summed E-state index contributed by atoms with van der Waals surface area (Å²) in [6.07, 6.45) is 1.26. The molecule has 0 bridgehead atoms. The van der Waals surface area contributed by atoms with Crippen LogP contribution < -0.4 is 26.8 Å². The van der Waals surface area contributed by atoms with Gasteiger partial charge in [-0.2, -0.15) is 0 Å². The molecular weight excluding hydrogens is 366 g/mol. The molecule has 3 rings (SSSR count). The van der Waals surface area contributed by atoms with Crippen LogP contribution >= 0.6 is 0 Å². The minimum Gasteiger partial charge on any atom is -0.393 e. The van der Waals surface area contributed by atoms with Crippen molar-refractivity contribution in [3.05, 3.63) is 66.5 Å². The van der Waals surface area contributed by atoms with E-state index in [4.69, 9.17) is 5.73 Å². The predicted molar refractivity (Wildman–Crippen MR) is 105 cm³/mol. The third-order valence-corrected chi connectivity index (χ3v) is 4.88. The average Bonchev–Trinajstić information content (AvgIpc) is 2.67. The normalized spacial score (nSPS) is 11.0. The number of rotatable bonds is 7. The molecule has 140 valence electrons. The minimum absolute atomic E-state index is 0.123. The smallest absolute Gasteiger partial charge is 0.257 e. The van der Waals surface area contributed by atoms with E-state index in [1.165, 1.54) is 18.5 Å². The first-order valence-corrected chi connectivity index (χ1v) is 9.46. The Labute approximate surface area is 157 Å². The number of hydrogen-bond donors (Lipinski definition) is 5. The summed E-state index contributed by atoms with van der Waals surface area (Å²) in [6, 6.07) is 15.8. The van der Waals surface area contributed by atoms with Crippen molar-refractivity contribution in [3.8, 4) is 0 Å². The van der Waals surface area contributed by atoms with Crippen molar-refractivity contribution in [1.82, 2.24) is 14.8 Å². The highest BCUT2D eigenvalue weighted by atomic mass is 32.2. The van der Waals surface area contributed by atoms with Gasteiger partial charge in [0.15, 0.2) is 11.6 Å². The lowest BCUT2D eigenvalue weighted by Crippen LogP contribution is -2.30. The van der Waals surface area contributed by atoms with Crippen LogP contribution in [-0.4, -0.2) is 18.4 Å². The van der Waals surface area contributed by atoms with Gasteiger partial charge in [-0.1, -0.05) is 35.9 Å². The van der Waals surface area contributed by atoms with E-state index in [1.807, 2.05) is 37.3 Å². The lowest BCUT2D eigenvalue weighted by atomic mass is 10.2. The molecule has 1 aromatic heterocycles. The van der Waals surface area contributed by atoms with Crippen LogP contribution in [-0.2, 0) is 10.0 Å². The number of nitrogens with one attached hydrogen (secondary N) is 4. The first-order chi connectivity index (χ1) is 13.0.